The van der Waals surface area contributed by atoms with E-state index in [9.17, 15) is 0 Å². The molecule has 0 radical (unpaired) electrons. The zero-order valence-electron chi connectivity index (χ0n) is 8.56. The van der Waals surface area contributed by atoms with Crippen molar-refractivity contribution in [3.05, 3.63) is 30.1 Å². The van der Waals surface area contributed by atoms with Crippen LogP contribution in [0.1, 0.15) is 31.4 Å². The van der Waals surface area contributed by atoms with Gasteiger partial charge in [-0.2, -0.15) is 0 Å². The van der Waals surface area contributed by atoms with Crippen molar-refractivity contribution in [3.8, 4) is 0 Å². The standard InChI is InChI=1S/C11H18N2O/c1-2-10(12)9(6-8-14)11-5-3-4-7-13-11/h3-5,7,9-10,14H,2,6,8,12H2,1H3. The van der Waals surface area contributed by atoms with Crippen LogP contribution in [0.4, 0.5) is 0 Å². The molecule has 1 aromatic rings. The average molecular weight is 194 g/mol. The molecule has 0 aromatic carbocycles. The van der Waals surface area contributed by atoms with Gasteiger partial charge in [0.15, 0.2) is 0 Å². The minimum atomic E-state index is 0.0806. The fraction of sp³-hybridized carbons (Fsp3) is 0.545. The molecule has 0 saturated carbocycles. The molecule has 2 atom stereocenters. The Morgan fingerprint density at radius 1 is 1.50 bits per heavy atom. The summed E-state index contributed by atoms with van der Waals surface area (Å²) in [6, 6.07) is 5.89. The largest absolute Gasteiger partial charge is 0.396 e. The van der Waals surface area contributed by atoms with Gasteiger partial charge in [0.2, 0.25) is 0 Å². The lowest BCUT2D eigenvalue weighted by molar-refractivity contribution is 0.265. The number of aromatic nitrogens is 1. The van der Waals surface area contributed by atoms with Gasteiger partial charge in [0.25, 0.3) is 0 Å². The maximum atomic E-state index is 8.96. The van der Waals surface area contributed by atoms with Gasteiger partial charge in [-0.15, -0.1) is 0 Å². The molecule has 14 heavy (non-hydrogen) atoms. The molecule has 0 spiro atoms. The second-order valence-corrected chi connectivity index (χ2v) is 3.45. The van der Waals surface area contributed by atoms with Crippen LogP contribution in [0.15, 0.2) is 24.4 Å². The molecule has 0 saturated heterocycles. The second kappa shape index (κ2) is 5.73. The summed E-state index contributed by atoms with van der Waals surface area (Å²) in [5, 5.41) is 8.96. The molecule has 1 heterocycles. The van der Waals surface area contributed by atoms with E-state index in [-0.39, 0.29) is 18.6 Å². The predicted molar refractivity (Wildman–Crippen MR) is 56.9 cm³/mol. The summed E-state index contributed by atoms with van der Waals surface area (Å²) < 4.78 is 0. The molecule has 3 heteroatoms. The van der Waals surface area contributed by atoms with Gasteiger partial charge in [-0.25, -0.2) is 0 Å². The summed E-state index contributed by atoms with van der Waals surface area (Å²) in [5.74, 6) is 0.172. The van der Waals surface area contributed by atoms with E-state index in [4.69, 9.17) is 10.8 Å². The SMILES string of the molecule is CCC(N)C(CCO)c1ccccn1. The number of nitrogens with two attached hydrogens (primary N) is 1. The summed E-state index contributed by atoms with van der Waals surface area (Å²) >= 11 is 0. The number of aliphatic hydroxyl groups is 1. The van der Waals surface area contributed by atoms with Crippen molar-refractivity contribution in [1.82, 2.24) is 4.98 Å². The van der Waals surface area contributed by atoms with Crippen molar-refractivity contribution in [3.63, 3.8) is 0 Å². The lowest BCUT2D eigenvalue weighted by Gasteiger charge is -2.21. The van der Waals surface area contributed by atoms with Gasteiger partial charge in [-0.1, -0.05) is 13.0 Å². The van der Waals surface area contributed by atoms with Gasteiger partial charge in [-0.3, -0.25) is 4.98 Å². The number of pyridine rings is 1. The fourth-order valence-corrected chi connectivity index (χ4v) is 1.60. The second-order valence-electron chi connectivity index (χ2n) is 3.45. The van der Waals surface area contributed by atoms with Gasteiger partial charge in [0, 0.05) is 30.5 Å². The van der Waals surface area contributed by atoms with Gasteiger partial charge in [-0.05, 0) is 25.0 Å². The number of nitrogens with zero attached hydrogens (tertiary/aromatic N) is 1. The van der Waals surface area contributed by atoms with Gasteiger partial charge in [0.05, 0.1) is 0 Å². The monoisotopic (exact) mass is 194 g/mol. The third-order valence-electron chi connectivity index (χ3n) is 2.50. The third kappa shape index (κ3) is 2.79. The van der Waals surface area contributed by atoms with E-state index in [0.717, 1.165) is 12.1 Å². The molecule has 0 aliphatic rings. The van der Waals surface area contributed by atoms with E-state index in [1.807, 2.05) is 18.2 Å². The van der Waals surface area contributed by atoms with Gasteiger partial charge in [0.1, 0.15) is 0 Å². The van der Waals surface area contributed by atoms with Crippen molar-refractivity contribution >= 4 is 0 Å². The Kier molecular flexibility index (Phi) is 4.56. The maximum Gasteiger partial charge on any atom is 0.0450 e. The highest BCUT2D eigenvalue weighted by Crippen LogP contribution is 2.21. The number of aliphatic hydroxyl groups excluding tert-OH is 1. The van der Waals surface area contributed by atoms with Crippen molar-refractivity contribution in [2.24, 2.45) is 5.73 Å². The highest BCUT2D eigenvalue weighted by atomic mass is 16.3. The third-order valence-corrected chi connectivity index (χ3v) is 2.50. The Morgan fingerprint density at radius 3 is 2.79 bits per heavy atom. The first-order valence-electron chi connectivity index (χ1n) is 5.07. The van der Waals surface area contributed by atoms with Crippen molar-refractivity contribution < 1.29 is 5.11 Å². The molecule has 2 unspecified atom stereocenters. The van der Waals surface area contributed by atoms with E-state index in [1.165, 1.54) is 0 Å². The zero-order chi connectivity index (χ0) is 10.4. The lowest BCUT2D eigenvalue weighted by Crippen LogP contribution is -2.28. The van der Waals surface area contributed by atoms with E-state index in [1.54, 1.807) is 6.20 Å². The molecule has 78 valence electrons. The normalized spacial score (nSPS) is 15.1. The maximum absolute atomic E-state index is 8.96. The van der Waals surface area contributed by atoms with E-state index in [0.29, 0.717) is 6.42 Å². The topological polar surface area (TPSA) is 59.1 Å². The molecule has 3 N–H and O–H groups in total. The fourth-order valence-electron chi connectivity index (χ4n) is 1.60. The Bertz CT molecular complexity index is 251. The highest BCUT2D eigenvalue weighted by Gasteiger charge is 2.18. The molecule has 0 aliphatic heterocycles. The average Bonchev–Trinajstić information content (AvgIpc) is 2.26. The Morgan fingerprint density at radius 2 is 2.29 bits per heavy atom. The lowest BCUT2D eigenvalue weighted by atomic mass is 9.91. The van der Waals surface area contributed by atoms with E-state index >= 15 is 0 Å². The summed E-state index contributed by atoms with van der Waals surface area (Å²) in [6.45, 7) is 2.22. The minimum Gasteiger partial charge on any atom is -0.396 e. The molecule has 0 amide bonds. The molecule has 3 nitrogen and oxygen atoms in total. The van der Waals surface area contributed by atoms with Gasteiger partial charge < -0.3 is 10.8 Å². The summed E-state index contributed by atoms with van der Waals surface area (Å²) in [5.41, 5.74) is 6.97. The molecule has 1 rings (SSSR count). The Hall–Kier alpha value is -0.930. The number of hydrogen-bond donors (Lipinski definition) is 2. The molecular weight excluding hydrogens is 176 g/mol. The van der Waals surface area contributed by atoms with Crippen LogP contribution in [0.25, 0.3) is 0 Å². The molecule has 1 aromatic heterocycles. The Balaban J connectivity index is 2.77. The first kappa shape index (κ1) is 11.1. The van der Waals surface area contributed by atoms with Crippen LogP contribution >= 0.6 is 0 Å². The van der Waals surface area contributed by atoms with E-state index < -0.39 is 0 Å². The molecule has 0 bridgehead atoms. The predicted octanol–water partition coefficient (Wildman–Crippen LogP) is 1.28. The summed E-state index contributed by atoms with van der Waals surface area (Å²) in [4.78, 5) is 4.28. The molecule has 0 fully saturated rings. The summed E-state index contributed by atoms with van der Waals surface area (Å²) in [7, 11) is 0. The van der Waals surface area contributed by atoms with Crippen molar-refractivity contribution in [2.75, 3.05) is 6.61 Å². The summed E-state index contributed by atoms with van der Waals surface area (Å²) in [6.07, 6.45) is 3.36. The van der Waals surface area contributed by atoms with Crippen LogP contribution in [0.2, 0.25) is 0 Å². The molecular formula is C11H18N2O. The first-order valence-corrected chi connectivity index (χ1v) is 5.07. The van der Waals surface area contributed by atoms with Crippen LogP contribution in [0, 0.1) is 0 Å². The van der Waals surface area contributed by atoms with Gasteiger partial charge >= 0.3 is 0 Å². The smallest absolute Gasteiger partial charge is 0.0450 e. The van der Waals surface area contributed by atoms with E-state index in [2.05, 4.69) is 11.9 Å². The van der Waals surface area contributed by atoms with Crippen LogP contribution in [0.3, 0.4) is 0 Å². The van der Waals surface area contributed by atoms with Crippen LogP contribution in [0.5, 0.6) is 0 Å². The van der Waals surface area contributed by atoms with Crippen LogP contribution in [-0.4, -0.2) is 22.7 Å². The van der Waals surface area contributed by atoms with Crippen molar-refractivity contribution in [1.29, 1.82) is 0 Å². The number of hydrogen-bond acceptors (Lipinski definition) is 3. The van der Waals surface area contributed by atoms with Crippen molar-refractivity contribution in [2.45, 2.75) is 31.7 Å². The van der Waals surface area contributed by atoms with Crippen LogP contribution < -0.4 is 5.73 Å². The Labute approximate surface area is 85.0 Å². The number of rotatable bonds is 5. The minimum absolute atomic E-state index is 0.0806. The first-order chi connectivity index (χ1) is 6.79. The zero-order valence-corrected chi connectivity index (χ0v) is 8.56. The quantitative estimate of drug-likeness (QED) is 0.742. The molecule has 0 aliphatic carbocycles. The highest BCUT2D eigenvalue weighted by molar-refractivity contribution is 5.11. The van der Waals surface area contributed by atoms with Crippen LogP contribution in [-0.2, 0) is 0 Å².